The summed E-state index contributed by atoms with van der Waals surface area (Å²) in [5.41, 5.74) is 3.77. The normalized spacial score (nSPS) is 10.0. The van der Waals surface area contributed by atoms with E-state index >= 15 is 0 Å². The first-order valence-electron chi connectivity index (χ1n) is 6.73. The van der Waals surface area contributed by atoms with Crippen LogP contribution in [0.4, 0.5) is 10.5 Å². The molecule has 0 aromatic heterocycles. The van der Waals surface area contributed by atoms with Crippen molar-refractivity contribution in [3.63, 3.8) is 0 Å². The second kappa shape index (κ2) is 6.79. The molecular weight excluding hydrogens is 266 g/mol. The standard InChI is InChI=1S/C17H19NO3/c1-12-7-6-8-13(2)16(12)21-11-14-9-4-5-10-15(14)18-17(19)20-3/h4-10H,11H2,1-3H3,(H,18,19). The number of nitrogens with one attached hydrogen (secondary N) is 1. The van der Waals surface area contributed by atoms with Crippen molar-refractivity contribution in [2.75, 3.05) is 12.4 Å². The van der Waals surface area contributed by atoms with Crippen LogP contribution in [0, 0.1) is 13.8 Å². The molecule has 0 unspecified atom stereocenters. The van der Waals surface area contributed by atoms with Crippen LogP contribution in [0.15, 0.2) is 42.5 Å². The highest BCUT2D eigenvalue weighted by Gasteiger charge is 2.08. The Hall–Kier alpha value is -2.49. The molecule has 4 heteroatoms. The average Bonchev–Trinajstić information content (AvgIpc) is 2.48. The molecule has 0 radical (unpaired) electrons. The van der Waals surface area contributed by atoms with Gasteiger partial charge in [-0.1, -0.05) is 36.4 Å². The molecule has 0 bridgehead atoms. The molecule has 1 amide bonds. The van der Waals surface area contributed by atoms with Crippen molar-refractivity contribution in [3.8, 4) is 5.75 Å². The van der Waals surface area contributed by atoms with E-state index in [0.717, 1.165) is 22.4 Å². The molecule has 0 atom stereocenters. The van der Waals surface area contributed by atoms with E-state index in [-0.39, 0.29) is 0 Å². The van der Waals surface area contributed by atoms with E-state index in [4.69, 9.17) is 4.74 Å². The molecular formula is C17H19NO3. The van der Waals surface area contributed by atoms with Gasteiger partial charge in [0.1, 0.15) is 12.4 Å². The van der Waals surface area contributed by atoms with Gasteiger partial charge in [-0.05, 0) is 31.0 Å². The molecule has 2 aromatic carbocycles. The zero-order chi connectivity index (χ0) is 15.2. The quantitative estimate of drug-likeness (QED) is 0.921. The van der Waals surface area contributed by atoms with Gasteiger partial charge in [0.15, 0.2) is 0 Å². The molecule has 0 spiro atoms. The fourth-order valence-electron chi connectivity index (χ4n) is 2.11. The van der Waals surface area contributed by atoms with Crippen LogP contribution in [0.1, 0.15) is 16.7 Å². The second-order valence-electron chi connectivity index (χ2n) is 4.78. The largest absolute Gasteiger partial charge is 0.488 e. The minimum Gasteiger partial charge on any atom is -0.488 e. The summed E-state index contributed by atoms with van der Waals surface area (Å²) in [7, 11) is 1.34. The van der Waals surface area contributed by atoms with Crippen LogP contribution in [-0.4, -0.2) is 13.2 Å². The van der Waals surface area contributed by atoms with E-state index in [1.165, 1.54) is 7.11 Å². The monoisotopic (exact) mass is 285 g/mol. The first kappa shape index (κ1) is 14.9. The highest BCUT2D eigenvalue weighted by atomic mass is 16.5. The number of ether oxygens (including phenoxy) is 2. The van der Waals surface area contributed by atoms with Crippen molar-refractivity contribution in [1.82, 2.24) is 0 Å². The van der Waals surface area contributed by atoms with Crippen LogP contribution in [0.5, 0.6) is 5.75 Å². The number of anilines is 1. The molecule has 2 rings (SSSR count). The van der Waals surface area contributed by atoms with Crippen LogP contribution in [0.3, 0.4) is 0 Å². The van der Waals surface area contributed by atoms with Gasteiger partial charge in [0.25, 0.3) is 0 Å². The van der Waals surface area contributed by atoms with E-state index in [1.54, 1.807) is 0 Å². The van der Waals surface area contributed by atoms with Crippen molar-refractivity contribution >= 4 is 11.8 Å². The summed E-state index contributed by atoms with van der Waals surface area (Å²) in [5, 5.41) is 2.68. The molecule has 1 N–H and O–H groups in total. The number of carbonyl (C=O) groups is 1. The smallest absolute Gasteiger partial charge is 0.411 e. The topological polar surface area (TPSA) is 47.6 Å². The predicted molar refractivity (Wildman–Crippen MR) is 82.7 cm³/mol. The molecule has 110 valence electrons. The van der Waals surface area contributed by atoms with Crippen molar-refractivity contribution in [1.29, 1.82) is 0 Å². The molecule has 0 heterocycles. The second-order valence-corrected chi connectivity index (χ2v) is 4.78. The van der Waals surface area contributed by atoms with E-state index in [0.29, 0.717) is 12.3 Å². The highest BCUT2D eigenvalue weighted by molar-refractivity contribution is 5.85. The molecule has 0 saturated carbocycles. The minimum atomic E-state index is -0.491. The summed E-state index contributed by atoms with van der Waals surface area (Å²) < 4.78 is 10.5. The molecule has 0 fully saturated rings. The number of aryl methyl sites for hydroxylation is 2. The molecule has 0 saturated heterocycles. The van der Waals surface area contributed by atoms with Gasteiger partial charge in [-0.3, -0.25) is 5.32 Å². The number of carbonyl (C=O) groups excluding carboxylic acids is 1. The van der Waals surface area contributed by atoms with Crippen molar-refractivity contribution in [3.05, 3.63) is 59.2 Å². The Morgan fingerprint density at radius 1 is 1.05 bits per heavy atom. The minimum absolute atomic E-state index is 0.381. The summed E-state index contributed by atoms with van der Waals surface area (Å²) >= 11 is 0. The lowest BCUT2D eigenvalue weighted by molar-refractivity contribution is 0.187. The Balaban J connectivity index is 2.15. The maximum atomic E-state index is 11.3. The Morgan fingerprint density at radius 3 is 2.38 bits per heavy atom. The van der Waals surface area contributed by atoms with E-state index in [9.17, 15) is 4.79 Å². The fourth-order valence-corrected chi connectivity index (χ4v) is 2.11. The van der Waals surface area contributed by atoms with Crippen LogP contribution in [0.2, 0.25) is 0 Å². The lowest BCUT2D eigenvalue weighted by Gasteiger charge is -2.14. The van der Waals surface area contributed by atoms with E-state index in [1.807, 2.05) is 56.3 Å². The van der Waals surface area contributed by atoms with Gasteiger partial charge < -0.3 is 9.47 Å². The zero-order valence-electron chi connectivity index (χ0n) is 12.5. The number of methoxy groups -OCH3 is 1. The molecule has 0 aliphatic heterocycles. The van der Waals surface area contributed by atoms with Gasteiger partial charge in [0.05, 0.1) is 12.8 Å². The number of benzene rings is 2. The maximum absolute atomic E-state index is 11.3. The molecule has 0 aliphatic carbocycles. The van der Waals surface area contributed by atoms with E-state index in [2.05, 4.69) is 10.1 Å². The van der Waals surface area contributed by atoms with Crippen molar-refractivity contribution in [2.24, 2.45) is 0 Å². The van der Waals surface area contributed by atoms with Gasteiger partial charge in [-0.2, -0.15) is 0 Å². The van der Waals surface area contributed by atoms with Crippen LogP contribution >= 0.6 is 0 Å². The summed E-state index contributed by atoms with van der Waals surface area (Å²) in [4.78, 5) is 11.3. The number of hydrogen-bond donors (Lipinski definition) is 1. The molecule has 0 aliphatic rings. The third-order valence-electron chi connectivity index (χ3n) is 3.22. The van der Waals surface area contributed by atoms with Crippen LogP contribution < -0.4 is 10.1 Å². The maximum Gasteiger partial charge on any atom is 0.411 e. The van der Waals surface area contributed by atoms with Gasteiger partial charge >= 0.3 is 6.09 Å². The SMILES string of the molecule is COC(=O)Nc1ccccc1COc1c(C)cccc1C. The first-order chi connectivity index (χ1) is 10.1. The average molecular weight is 285 g/mol. The fraction of sp³-hybridized carbons (Fsp3) is 0.235. The molecule has 2 aromatic rings. The van der Waals surface area contributed by atoms with Crippen LogP contribution in [-0.2, 0) is 11.3 Å². The number of rotatable bonds is 4. The number of hydrogen-bond acceptors (Lipinski definition) is 3. The Bertz CT molecular complexity index is 617. The third kappa shape index (κ3) is 3.75. The lowest BCUT2D eigenvalue weighted by Crippen LogP contribution is -2.13. The van der Waals surface area contributed by atoms with Crippen molar-refractivity contribution in [2.45, 2.75) is 20.5 Å². The van der Waals surface area contributed by atoms with Crippen molar-refractivity contribution < 1.29 is 14.3 Å². The van der Waals surface area contributed by atoms with Gasteiger partial charge in [0, 0.05) is 5.56 Å². The molecule has 4 nitrogen and oxygen atoms in total. The van der Waals surface area contributed by atoms with E-state index < -0.39 is 6.09 Å². The van der Waals surface area contributed by atoms with Gasteiger partial charge in [-0.25, -0.2) is 4.79 Å². The Labute approximate surface area is 124 Å². The number of para-hydroxylation sites is 2. The van der Waals surface area contributed by atoms with Crippen LogP contribution in [0.25, 0.3) is 0 Å². The summed E-state index contributed by atoms with van der Waals surface area (Å²) in [6.07, 6.45) is -0.491. The predicted octanol–water partition coefficient (Wildman–Crippen LogP) is 4.06. The molecule has 21 heavy (non-hydrogen) atoms. The zero-order valence-corrected chi connectivity index (χ0v) is 12.5. The van der Waals surface area contributed by atoms with Gasteiger partial charge in [0.2, 0.25) is 0 Å². The third-order valence-corrected chi connectivity index (χ3v) is 3.22. The Kier molecular flexibility index (Phi) is 4.82. The number of amides is 1. The summed E-state index contributed by atoms with van der Waals surface area (Å²) in [6.45, 7) is 4.41. The van der Waals surface area contributed by atoms with Gasteiger partial charge in [-0.15, -0.1) is 0 Å². The first-order valence-corrected chi connectivity index (χ1v) is 6.73. The summed E-state index contributed by atoms with van der Waals surface area (Å²) in [5.74, 6) is 0.880. The summed E-state index contributed by atoms with van der Waals surface area (Å²) in [6, 6.07) is 13.5. The Morgan fingerprint density at radius 2 is 1.71 bits per heavy atom. The highest BCUT2D eigenvalue weighted by Crippen LogP contribution is 2.25. The lowest BCUT2D eigenvalue weighted by atomic mass is 10.1.